The molecule has 0 aromatic heterocycles. The molecule has 0 bridgehead atoms. The summed E-state index contributed by atoms with van der Waals surface area (Å²) in [6.07, 6.45) is 0. The summed E-state index contributed by atoms with van der Waals surface area (Å²) in [7, 11) is -1.82. The first-order valence-electron chi connectivity index (χ1n) is 6.38. The van der Waals surface area contributed by atoms with Gasteiger partial charge in [-0.25, -0.2) is 13.4 Å². The van der Waals surface area contributed by atoms with Gasteiger partial charge in [0.15, 0.2) is 0 Å². The fourth-order valence-electron chi connectivity index (χ4n) is 2.02. The lowest BCUT2D eigenvalue weighted by Crippen LogP contribution is -2.52. The fraction of sp³-hybridized carbons (Fsp3) is 0.500. The molecule has 0 unspecified atom stereocenters. The van der Waals surface area contributed by atoms with Crippen LogP contribution in [0.5, 0.6) is 0 Å². The van der Waals surface area contributed by atoms with Crippen LogP contribution in [0.1, 0.15) is 5.56 Å². The minimum Gasteiger partial charge on any atom is -0.392 e. The largest absolute Gasteiger partial charge is 0.392 e. The third-order valence-corrected chi connectivity index (χ3v) is 5.51. The number of aliphatic hydroxyl groups excluding tert-OH is 1. The molecule has 0 radical (unpaired) electrons. The molecule has 2 N–H and O–H groups in total. The Balaban J connectivity index is 2.23. The Morgan fingerprint density at radius 3 is 2.38 bits per heavy atom. The van der Waals surface area contributed by atoms with Crippen LogP contribution in [-0.4, -0.2) is 56.7 Å². The smallest absolute Gasteiger partial charge is 0.254 e. The molecule has 21 heavy (non-hydrogen) atoms. The first-order valence-corrected chi connectivity index (χ1v) is 8.62. The van der Waals surface area contributed by atoms with Crippen LogP contribution in [-0.2, 0) is 16.6 Å². The van der Waals surface area contributed by atoms with E-state index in [2.05, 4.69) is 9.73 Å². The third kappa shape index (κ3) is 4.07. The number of hydrogen-bond donors (Lipinski definition) is 2. The number of hydrogen-bond acceptors (Lipinski definition) is 5. The summed E-state index contributed by atoms with van der Waals surface area (Å²) in [5.41, 5.74) is 0.319. The van der Waals surface area contributed by atoms with E-state index in [1.807, 2.05) is 7.05 Å². The normalized spacial score (nSPS) is 18.1. The number of nitrogens with zero attached hydrogens (tertiary/aromatic N) is 2. The highest BCUT2D eigenvalue weighted by molar-refractivity contribution is 7.89. The van der Waals surface area contributed by atoms with Gasteiger partial charge < -0.3 is 10.0 Å². The van der Waals surface area contributed by atoms with Crippen LogP contribution in [0.3, 0.4) is 0 Å². The molecule has 6 nitrogen and oxygen atoms in total. The molecule has 2 rings (SSSR count). The third-order valence-electron chi connectivity index (χ3n) is 3.31. The zero-order valence-electron chi connectivity index (χ0n) is 11.5. The van der Waals surface area contributed by atoms with E-state index in [0.717, 1.165) is 13.1 Å². The monoisotopic (exact) mass is 353 g/mol. The lowest BCUT2D eigenvalue weighted by molar-refractivity contribution is 0.135. The maximum atomic E-state index is 12.4. The molecule has 1 heterocycles. The van der Waals surface area contributed by atoms with Crippen LogP contribution < -0.4 is 4.83 Å². The van der Waals surface area contributed by atoms with E-state index in [0.29, 0.717) is 18.7 Å². The molecular weight excluding hydrogens is 337 g/mol. The van der Waals surface area contributed by atoms with Gasteiger partial charge in [0.25, 0.3) is 10.0 Å². The summed E-state index contributed by atoms with van der Waals surface area (Å²) < 4.78 is 24.8. The summed E-state index contributed by atoms with van der Waals surface area (Å²) >= 11 is 11.9. The number of piperazine rings is 1. The van der Waals surface area contributed by atoms with Gasteiger partial charge in [-0.2, -0.15) is 0 Å². The number of nitrogens with one attached hydrogen (secondary N) is 1. The van der Waals surface area contributed by atoms with Crippen molar-refractivity contribution in [2.75, 3.05) is 33.2 Å². The molecule has 1 aromatic rings. The second kappa shape index (κ2) is 6.78. The Labute approximate surface area is 134 Å². The van der Waals surface area contributed by atoms with Crippen LogP contribution >= 0.6 is 23.2 Å². The van der Waals surface area contributed by atoms with Gasteiger partial charge in [0, 0.05) is 31.2 Å². The van der Waals surface area contributed by atoms with Gasteiger partial charge in [0.2, 0.25) is 0 Å². The van der Waals surface area contributed by atoms with Gasteiger partial charge in [-0.05, 0) is 24.7 Å². The minimum atomic E-state index is -3.80. The summed E-state index contributed by atoms with van der Waals surface area (Å²) in [6.45, 7) is 2.38. The first-order chi connectivity index (χ1) is 9.83. The molecular formula is C12H17Cl2N3O3S. The van der Waals surface area contributed by atoms with E-state index in [4.69, 9.17) is 23.2 Å². The van der Waals surface area contributed by atoms with E-state index in [9.17, 15) is 13.5 Å². The molecule has 0 spiro atoms. The molecule has 118 valence electrons. The molecule has 0 saturated carbocycles. The minimum absolute atomic E-state index is 0.0267. The average molecular weight is 354 g/mol. The molecule has 0 aliphatic carbocycles. The van der Waals surface area contributed by atoms with Crippen molar-refractivity contribution >= 4 is 33.2 Å². The quantitative estimate of drug-likeness (QED) is 0.842. The Morgan fingerprint density at radius 2 is 1.81 bits per heavy atom. The number of hydrazine groups is 1. The van der Waals surface area contributed by atoms with Gasteiger partial charge >= 0.3 is 0 Å². The Kier molecular flexibility index (Phi) is 5.48. The summed E-state index contributed by atoms with van der Waals surface area (Å²) in [4.78, 5) is 4.54. The average Bonchev–Trinajstić information content (AvgIpc) is 2.41. The van der Waals surface area contributed by atoms with Crippen LogP contribution in [0.2, 0.25) is 10.0 Å². The van der Waals surface area contributed by atoms with Crippen LogP contribution in [0.4, 0.5) is 0 Å². The highest BCUT2D eigenvalue weighted by atomic mass is 35.5. The summed E-state index contributed by atoms with van der Waals surface area (Å²) in [5.74, 6) is 0. The number of aliphatic hydroxyl groups is 1. The van der Waals surface area contributed by atoms with E-state index < -0.39 is 10.0 Å². The first kappa shape index (κ1) is 17.0. The number of sulfonamides is 1. The Hall–Kier alpha value is -0.410. The van der Waals surface area contributed by atoms with Crippen molar-refractivity contribution in [3.05, 3.63) is 27.7 Å². The van der Waals surface area contributed by atoms with Crippen LogP contribution in [0.25, 0.3) is 0 Å². The van der Waals surface area contributed by atoms with Crippen molar-refractivity contribution < 1.29 is 13.5 Å². The van der Waals surface area contributed by atoms with E-state index in [1.165, 1.54) is 12.1 Å². The Morgan fingerprint density at radius 1 is 1.19 bits per heavy atom. The molecule has 1 fully saturated rings. The summed E-state index contributed by atoms with van der Waals surface area (Å²) in [5, 5.41) is 11.1. The maximum Gasteiger partial charge on any atom is 0.254 e. The SMILES string of the molecule is CN1CCN(NS(=O)(=O)c2cc(CO)c(Cl)cc2Cl)CC1. The van der Waals surface area contributed by atoms with Gasteiger partial charge in [0.1, 0.15) is 4.90 Å². The van der Waals surface area contributed by atoms with Crippen molar-refractivity contribution in [1.82, 2.24) is 14.7 Å². The van der Waals surface area contributed by atoms with Gasteiger partial charge in [-0.1, -0.05) is 23.2 Å². The lowest BCUT2D eigenvalue weighted by atomic mass is 10.2. The zero-order valence-corrected chi connectivity index (χ0v) is 13.8. The standard InChI is InChI=1S/C12H17Cl2N3O3S/c1-16-2-4-17(5-3-16)15-21(19,20)12-6-9(8-18)10(13)7-11(12)14/h6-7,15,18H,2-5,8H2,1H3. The summed E-state index contributed by atoms with van der Waals surface area (Å²) in [6, 6.07) is 2.62. The predicted octanol–water partition coefficient (Wildman–Crippen LogP) is 0.926. The Bertz CT molecular complexity index is 616. The number of likely N-dealkylation sites (N-methyl/N-ethyl adjacent to an activating group) is 1. The second-order valence-corrected chi connectivity index (χ2v) is 7.36. The van der Waals surface area contributed by atoms with Gasteiger partial charge in [-0.15, -0.1) is 4.83 Å². The van der Waals surface area contributed by atoms with Crippen LogP contribution in [0, 0.1) is 0 Å². The number of halogens is 2. The van der Waals surface area contributed by atoms with Crippen molar-refractivity contribution in [2.24, 2.45) is 0 Å². The second-order valence-electron chi connectivity index (χ2n) is 4.92. The molecule has 1 aromatic carbocycles. The van der Waals surface area contributed by atoms with Crippen molar-refractivity contribution in [1.29, 1.82) is 0 Å². The topological polar surface area (TPSA) is 72.9 Å². The van der Waals surface area contributed by atoms with Crippen molar-refractivity contribution in [2.45, 2.75) is 11.5 Å². The zero-order chi connectivity index (χ0) is 15.6. The van der Waals surface area contributed by atoms with E-state index in [1.54, 1.807) is 5.01 Å². The predicted molar refractivity (Wildman–Crippen MR) is 81.8 cm³/mol. The van der Waals surface area contributed by atoms with Crippen molar-refractivity contribution in [3.63, 3.8) is 0 Å². The maximum absolute atomic E-state index is 12.4. The molecule has 1 aliphatic rings. The van der Waals surface area contributed by atoms with Crippen LogP contribution in [0.15, 0.2) is 17.0 Å². The highest BCUT2D eigenvalue weighted by Gasteiger charge is 2.24. The van der Waals surface area contributed by atoms with E-state index >= 15 is 0 Å². The lowest BCUT2D eigenvalue weighted by Gasteiger charge is -2.32. The van der Waals surface area contributed by atoms with Gasteiger partial charge in [-0.3, -0.25) is 0 Å². The molecule has 1 saturated heterocycles. The van der Waals surface area contributed by atoms with E-state index in [-0.39, 0.29) is 21.5 Å². The van der Waals surface area contributed by atoms with Crippen molar-refractivity contribution in [3.8, 4) is 0 Å². The van der Waals surface area contributed by atoms with Gasteiger partial charge in [0.05, 0.1) is 11.6 Å². The molecule has 1 aliphatic heterocycles. The number of rotatable bonds is 4. The fourth-order valence-corrected chi connectivity index (χ4v) is 4.00. The molecule has 0 atom stereocenters. The molecule has 9 heteroatoms. The number of benzene rings is 1. The highest BCUT2D eigenvalue weighted by Crippen LogP contribution is 2.28. The molecule has 0 amide bonds.